The van der Waals surface area contributed by atoms with Crippen LogP contribution in [0.4, 0.5) is 24.5 Å². The number of alkyl halides is 3. The van der Waals surface area contributed by atoms with Gasteiger partial charge in [0, 0.05) is 5.69 Å². The van der Waals surface area contributed by atoms with E-state index in [1.807, 2.05) is 0 Å². The van der Waals surface area contributed by atoms with Crippen molar-refractivity contribution in [1.29, 1.82) is 0 Å². The second kappa shape index (κ2) is 3.83. The lowest BCUT2D eigenvalue weighted by atomic mass is 10.1. The van der Waals surface area contributed by atoms with E-state index < -0.39 is 27.6 Å². The Morgan fingerprint density at radius 1 is 1.25 bits per heavy atom. The van der Waals surface area contributed by atoms with Gasteiger partial charge in [0.1, 0.15) is 0 Å². The normalized spacial score (nSPS) is 12.5. The van der Waals surface area contributed by atoms with Gasteiger partial charge in [-0.25, -0.2) is 5.14 Å². The molecule has 0 radical (unpaired) electrons. The van der Waals surface area contributed by atoms with Gasteiger partial charge in [-0.2, -0.15) is 21.6 Å². The number of benzene rings is 1. The van der Waals surface area contributed by atoms with Crippen molar-refractivity contribution in [2.24, 2.45) is 5.14 Å². The van der Waals surface area contributed by atoms with Crippen molar-refractivity contribution in [3.05, 3.63) is 23.8 Å². The number of nitrogen functional groups attached to an aromatic ring is 1. The Balaban J connectivity index is 3.29. The van der Waals surface area contributed by atoms with Gasteiger partial charge in [0.15, 0.2) is 0 Å². The van der Waals surface area contributed by atoms with Gasteiger partial charge in [-0.3, -0.25) is 4.72 Å². The molecule has 1 aromatic rings. The highest BCUT2D eigenvalue weighted by atomic mass is 32.2. The van der Waals surface area contributed by atoms with Gasteiger partial charge in [0.05, 0.1) is 11.3 Å². The van der Waals surface area contributed by atoms with E-state index in [2.05, 4.69) is 5.14 Å². The molecule has 0 amide bonds. The summed E-state index contributed by atoms with van der Waals surface area (Å²) in [5.41, 5.74) is 3.19. The minimum Gasteiger partial charge on any atom is -0.399 e. The van der Waals surface area contributed by atoms with E-state index in [9.17, 15) is 21.6 Å². The molecule has 90 valence electrons. The van der Waals surface area contributed by atoms with E-state index in [-0.39, 0.29) is 5.69 Å². The summed E-state index contributed by atoms with van der Waals surface area (Å²) in [5, 5.41) is 4.58. The third-order valence-electron chi connectivity index (χ3n) is 1.60. The lowest BCUT2D eigenvalue weighted by molar-refractivity contribution is -0.136. The number of nitrogens with two attached hydrogens (primary N) is 2. The summed E-state index contributed by atoms with van der Waals surface area (Å²) < 4.78 is 60.2. The fraction of sp³-hybridized carbons (Fsp3) is 0.143. The molecule has 0 atom stereocenters. The molecule has 0 unspecified atom stereocenters. The third-order valence-corrected chi connectivity index (χ3v) is 2.11. The smallest absolute Gasteiger partial charge is 0.399 e. The molecular formula is C7H8F3N3O2S. The lowest BCUT2D eigenvalue weighted by Gasteiger charge is -2.13. The van der Waals surface area contributed by atoms with E-state index >= 15 is 0 Å². The Morgan fingerprint density at radius 2 is 1.81 bits per heavy atom. The molecule has 0 aliphatic rings. The molecule has 0 spiro atoms. The van der Waals surface area contributed by atoms with Crippen molar-refractivity contribution >= 4 is 21.6 Å². The summed E-state index contributed by atoms with van der Waals surface area (Å²) in [6.07, 6.45) is -4.72. The number of hydrogen-bond acceptors (Lipinski definition) is 3. The van der Waals surface area contributed by atoms with Crippen LogP contribution in [0, 0.1) is 0 Å². The van der Waals surface area contributed by atoms with Crippen LogP contribution in [0.1, 0.15) is 5.56 Å². The predicted octanol–water partition coefficient (Wildman–Crippen LogP) is 0.903. The van der Waals surface area contributed by atoms with Crippen LogP contribution in [0.5, 0.6) is 0 Å². The first-order valence-corrected chi connectivity index (χ1v) is 5.41. The van der Waals surface area contributed by atoms with E-state index in [1.165, 1.54) is 0 Å². The van der Waals surface area contributed by atoms with Gasteiger partial charge in [-0.1, -0.05) is 0 Å². The maximum atomic E-state index is 12.5. The third kappa shape index (κ3) is 3.28. The largest absolute Gasteiger partial charge is 0.418 e. The Morgan fingerprint density at radius 3 is 2.25 bits per heavy atom. The highest BCUT2D eigenvalue weighted by molar-refractivity contribution is 7.90. The molecular weight excluding hydrogens is 247 g/mol. The Labute approximate surface area is 89.4 Å². The first-order valence-electron chi connectivity index (χ1n) is 3.87. The molecule has 0 saturated heterocycles. The Hall–Kier alpha value is -1.48. The number of halogens is 3. The van der Waals surface area contributed by atoms with Gasteiger partial charge >= 0.3 is 6.18 Å². The zero-order valence-electron chi connectivity index (χ0n) is 7.75. The molecule has 0 aliphatic heterocycles. The minimum absolute atomic E-state index is 0.132. The van der Waals surface area contributed by atoms with Crippen molar-refractivity contribution in [2.45, 2.75) is 6.18 Å². The van der Waals surface area contributed by atoms with E-state index in [0.29, 0.717) is 6.07 Å². The second-order valence-electron chi connectivity index (χ2n) is 2.95. The molecule has 0 bridgehead atoms. The average Bonchev–Trinajstić information content (AvgIpc) is 2.04. The van der Waals surface area contributed by atoms with Crippen LogP contribution in [0.2, 0.25) is 0 Å². The molecule has 0 fully saturated rings. The van der Waals surface area contributed by atoms with Gasteiger partial charge in [0.2, 0.25) is 0 Å². The Bertz CT molecular complexity index is 498. The van der Waals surface area contributed by atoms with Crippen LogP contribution in [0.15, 0.2) is 18.2 Å². The van der Waals surface area contributed by atoms with Crippen molar-refractivity contribution in [2.75, 3.05) is 10.5 Å². The summed E-state index contributed by atoms with van der Waals surface area (Å²) in [4.78, 5) is 0. The molecule has 9 heteroatoms. The zero-order valence-corrected chi connectivity index (χ0v) is 8.56. The van der Waals surface area contributed by atoms with Gasteiger partial charge in [-0.15, -0.1) is 0 Å². The minimum atomic E-state index is -4.72. The number of nitrogens with one attached hydrogen (secondary N) is 1. The summed E-state index contributed by atoms with van der Waals surface area (Å²) in [6.45, 7) is 0. The molecule has 16 heavy (non-hydrogen) atoms. The van der Waals surface area contributed by atoms with Crippen LogP contribution >= 0.6 is 0 Å². The number of hydrogen-bond donors (Lipinski definition) is 3. The highest BCUT2D eigenvalue weighted by Gasteiger charge is 2.34. The molecule has 1 aromatic carbocycles. The topological polar surface area (TPSA) is 98.2 Å². The van der Waals surface area contributed by atoms with Crippen molar-refractivity contribution in [3.63, 3.8) is 0 Å². The van der Waals surface area contributed by atoms with E-state index in [1.54, 1.807) is 4.72 Å². The maximum Gasteiger partial charge on any atom is 0.418 e. The summed E-state index contributed by atoms with van der Waals surface area (Å²) in [7, 11) is -4.26. The van der Waals surface area contributed by atoms with E-state index in [0.717, 1.165) is 12.1 Å². The van der Waals surface area contributed by atoms with Gasteiger partial charge in [0.25, 0.3) is 10.2 Å². The summed E-state index contributed by atoms with van der Waals surface area (Å²) >= 11 is 0. The summed E-state index contributed by atoms with van der Waals surface area (Å²) in [6, 6.07) is 2.64. The molecule has 0 aromatic heterocycles. The average molecular weight is 255 g/mol. The first kappa shape index (κ1) is 12.6. The molecule has 0 saturated carbocycles. The quantitative estimate of drug-likeness (QED) is 0.685. The molecule has 0 aliphatic carbocycles. The van der Waals surface area contributed by atoms with Crippen LogP contribution < -0.4 is 15.6 Å². The first-order chi connectivity index (χ1) is 7.09. The summed E-state index contributed by atoms with van der Waals surface area (Å²) in [5.74, 6) is 0. The predicted molar refractivity (Wildman–Crippen MR) is 52.6 cm³/mol. The zero-order chi connectivity index (χ0) is 12.6. The van der Waals surface area contributed by atoms with Crippen molar-refractivity contribution < 1.29 is 21.6 Å². The van der Waals surface area contributed by atoms with Gasteiger partial charge < -0.3 is 5.73 Å². The lowest BCUT2D eigenvalue weighted by Crippen LogP contribution is -2.23. The fourth-order valence-corrected chi connectivity index (χ4v) is 1.52. The SMILES string of the molecule is Nc1ccc(NS(N)(=O)=O)c(C(F)(F)F)c1. The van der Waals surface area contributed by atoms with Gasteiger partial charge in [-0.05, 0) is 18.2 Å². The fourth-order valence-electron chi connectivity index (χ4n) is 1.04. The van der Waals surface area contributed by atoms with Crippen LogP contribution in [-0.2, 0) is 16.4 Å². The molecule has 0 heterocycles. The van der Waals surface area contributed by atoms with Crippen LogP contribution in [0.25, 0.3) is 0 Å². The van der Waals surface area contributed by atoms with E-state index in [4.69, 9.17) is 5.73 Å². The molecule has 5 N–H and O–H groups in total. The standard InChI is InChI=1S/C7H8F3N3O2S/c8-7(9,10)5-3-4(11)1-2-6(5)13-16(12,14)15/h1-3,13H,11H2,(H2,12,14,15). The number of rotatable bonds is 2. The monoisotopic (exact) mass is 255 g/mol. The number of anilines is 2. The van der Waals surface area contributed by atoms with Crippen molar-refractivity contribution in [3.8, 4) is 0 Å². The Kier molecular flexibility index (Phi) is 3.01. The van der Waals surface area contributed by atoms with Crippen molar-refractivity contribution in [1.82, 2.24) is 0 Å². The van der Waals surface area contributed by atoms with Crippen LogP contribution in [0.3, 0.4) is 0 Å². The molecule has 1 rings (SSSR count). The second-order valence-corrected chi connectivity index (χ2v) is 4.24. The molecule has 5 nitrogen and oxygen atoms in total. The maximum absolute atomic E-state index is 12.5. The van der Waals surface area contributed by atoms with Crippen LogP contribution in [-0.4, -0.2) is 8.42 Å². The highest BCUT2D eigenvalue weighted by Crippen LogP contribution is 2.36.